The van der Waals surface area contributed by atoms with Crippen LogP contribution in [0.1, 0.15) is 11.3 Å². The molecule has 0 fully saturated rings. The van der Waals surface area contributed by atoms with Crippen molar-refractivity contribution < 1.29 is 0 Å². The molecule has 0 amide bonds. The summed E-state index contributed by atoms with van der Waals surface area (Å²) < 4.78 is 0. The fourth-order valence-electron chi connectivity index (χ4n) is 2.69. The van der Waals surface area contributed by atoms with Gasteiger partial charge in [-0.25, -0.2) is 19.8 Å². The lowest BCUT2D eigenvalue weighted by Crippen LogP contribution is -1.99. The van der Waals surface area contributed by atoms with Gasteiger partial charge in [0, 0.05) is 38.9 Å². The molecule has 4 aromatic rings. The molecule has 0 radical (unpaired) electrons. The minimum atomic E-state index is 0.0943. The van der Waals surface area contributed by atoms with Gasteiger partial charge in [0.05, 0.1) is 17.8 Å². The monoisotopic (exact) mass is 466 g/mol. The van der Waals surface area contributed by atoms with Gasteiger partial charge in [0.1, 0.15) is 26.9 Å². The Morgan fingerprint density at radius 3 is 2.67 bits per heavy atom. The van der Waals surface area contributed by atoms with Crippen LogP contribution >= 0.6 is 46.0 Å². The first-order valence-corrected chi connectivity index (χ1v) is 11.6. The number of thiazole rings is 2. The number of nitriles is 1. The average molecular weight is 467 g/mol. The van der Waals surface area contributed by atoms with Gasteiger partial charge in [-0.05, 0) is 12.1 Å². The second kappa shape index (κ2) is 8.82. The number of halogens is 1. The molecular formula is C20H11ClN6S3. The van der Waals surface area contributed by atoms with Crippen molar-refractivity contribution in [3.05, 3.63) is 68.9 Å². The molecule has 1 aromatic carbocycles. The maximum atomic E-state index is 9.79. The Hall–Kier alpha value is -2.95. The first-order valence-electron chi connectivity index (χ1n) is 8.44. The highest BCUT2D eigenvalue weighted by Gasteiger charge is 2.22. The Kier molecular flexibility index (Phi) is 5.98. The minimum absolute atomic E-state index is 0.0943. The molecule has 0 unspecified atom stereocenters. The predicted octanol–water partition coefficient (Wildman–Crippen LogP) is 6.28. The van der Waals surface area contributed by atoms with Crippen LogP contribution in [0.15, 0.2) is 46.2 Å². The van der Waals surface area contributed by atoms with Crippen molar-refractivity contribution in [3.8, 4) is 27.2 Å². The zero-order chi connectivity index (χ0) is 21.1. The van der Waals surface area contributed by atoms with Gasteiger partial charge in [0.15, 0.2) is 0 Å². The lowest BCUT2D eigenvalue weighted by Gasteiger charge is -2.10. The highest BCUT2D eigenvalue weighted by Crippen LogP contribution is 2.42. The van der Waals surface area contributed by atoms with Crippen LogP contribution in [-0.4, -0.2) is 15.0 Å². The van der Waals surface area contributed by atoms with Crippen LogP contribution < -0.4 is 5.73 Å². The van der Waals surface area contributed by atoms with Crippen LogP contribution in [0.4, 0.5) is 11.5 Å². The van der Waals surface area contributed by atoms with Crippen molar-refractivity contribution in [2.45, 2.75) is 10.8 Å². The summed E-state index contributed by atoms with van der Waals surface area (Å²) in [6.45, 7) is 7.45. The van der Waals surface area contributed by atoms with Crippen LogP contribution in [0.25, 0.3) is 26.0 Å². The number of thioether (sulfide) groups is 1. The second-order valence-corrected chi connectivity index (χ2v) is 9.05. The molecule has 6 nitrogen and oxygen atoms in total. The van der Waals surface area contributed by atoms with E-state index in [4.69, 9.17) is 23.9 Å². The number of pyridine rings is 1. The molecule has 3 aromatic heterocycles. The molecule has 0 aliphatic rings. The van der Waals surface area contributed by atoms with Crippen molar-refractivity contribution in [2.75, 3.05) is 5.73 Å². The minimum Gasteiger partial charge on any atom is -0.392 e. The third-order valence-electron chi connectivity index (χ3n) is 4.03. The summed E-state index contributed by atoms with van der Waals surface area (Å²) in [5.41, 5.74) is 8.80. The highest BCUT2D eigenvalue weighted by molar-refractivity contribution is 7.98. The number of rotatable bonds is 5. The molecule has 146 valence electrons. The number of benzene rings is 1. The average Bonchev–Trinajstić information content (AvgIpc) is 3.44. The first kappa shape index (κ1) is 20.3. The third-order valence-corrected chi connectivity index (χ3v) is 7.03. The fourth-order valence-corrected chi connectivity index (χ4v) is 5.32. The molecule has 0 saturated heterocycles. The van der Waals surface area contributed by atoms with Crippen molar-refractivity contribution in [2.24, 2.45) is 0 Å². The molecule has 0 aliphatic carbocycles. The SMILES string of the molecule is [C-]#[N+]c1c(N)nc(SCc2csc(-c3ccc(Cl)cc3)n2)c(C#N)c1-c1nccs1. The van der Waals surface area contributed by atoms with Crippen LogP contribution in [0.3, 0.4) is 0 Å². The van der Waals surface area contributed by atoms with E-state index in [0.29, 0.717) is 31.9 Å². The van der Waals surface area contributed by atoms with Crippen molar-refractivity contribution >= 4 is 57.5 Å². The fraction of sp³-hybridized carbons (Fsp3) is 0.0500. The van der Waals surface area contributed by atoms with E-state index in [1.165, 1.54) is 34.4 Å². The summed E-state index contributed by atoms with van der Waals surface area (Å²) in [5, 5.41) is 16.2. The Bertz CT molecular complexity index is 1280. The van der Waals surface area contributed by atoms with Crippen LogP contribution in [-0.2, 0) is 5.75 Å². The number of hydrogen-bond donors (Lipinski definition) is 1. The number of aromatic nitrogens is 3. The Balaban J connectivity index is 1.64. The molecule has 3 heterocycles. The van der Waals surface area contributed by atoms with Gasteiger partial charge in [-0.3, -0.25) is 0 Å². The summed E-state index contributed by atoms with van der Waals surface area (Å²) in [6, 6.07) is 9.70. The standard InChI is InChI=1S/C20H11ClN6S3/c1-24-16-15(20-25-6-7-28-20)14(8-22)19(27-17(16)23)30-10-13-9-29-18(26-13)11-2-4-12(21)5-3-11/h2-7,9H,10H2,(H2,23,27). The molecule has 0 bridgehead atoms. The summed E-state index contributed by atoms with van der Waals surface area (Å²) in [5.74, 6) is 0.608. The van der Waals surface area contributed by atoms with E-state index < -0.39 is 0 Å². The van der Waals surface area contributed by atoms with Crippen LogP contribution in [0.2, 0.25) is 5.02 Å². The maximum absolute atomic E-state index is 9.79. The summed E-state index contributed by atoms with van der Waals surface area (Å²) in [4.78, 5) is 16.7. The molecule has 10 heteroatoms. The molecule has 2 N–H and O–H groups in total. The number of nitrogen functional groups attached to an aromatic ring is 1. The van der Waals surface area contributed by atoms with Crippen molar-refractivity contribution in [1.82, 2.24) is 15.0 Å². The van der Waals surface area contributed by atoms with E-state index in [2.05, 4.69) is 25.9 Å². The van der Waals surface area contributed by atoms with Gasteiger partial charge in [0.2, 0.25) is 5.69 Å². The van der Waals surface area contributed by atoms with Gasteiger partial charge < -0.3 is 5.73 Å². The number of anilines is 1. The molecule has 0 atom stereocenters. The van der Waals surface area contributed by atoms with Gasteiger partial charge in [-0.1, -0.05) is 35.5 Å². The lowest BCUT2D eigenvalue weighted by molar-refractivity contribution is 1.12. The first-order chi connectivity index (χ1) is 14.6. The van der Waals surface area contributed by atoms with E-state index in [1.54, 1.807) is 11.6 Å². The van der Waals surface area contributed by atoms with Crippen LogP contribution in [0.5, 0.6) is 0 Å². The summed E-state index contributed by atoms with van der Waals surface area (Å²) in [6.07, 6.45) is 1.63. The Labute approximate surface area is 189 Å². The van der Waals surface area contributed by atoms with E-state index in [0.717, 1.165) is 16.3 Å². The van der Waals surface area contributed by atoms with Crippen molar-refractivity contribution in [1.29, 1.82) is 5.26 Å². The number of nitrogens with two attached hydrogens (primary N) is 1. The largest absolute Gasteiger partial charge is 0.392 e. The zero-order valence-corrected chi connectivity index (χ0v) is 18.4. The molecular weight excluding hydrogens is 456 g/mol. The molecule has 4 rings (SSSR count). The van der Waals surface area contributed by atoms with Gasteiger partial charge in [-0.2, -0.15) is 5.26 Å². The van der Waals surface area contributed by atoms with E-state index >= 15 is 0 Å². The summed E-state index contributed by atoms with van der Waals surface area (Å²) in [7, 11) is 0. The lowest BCUT2D eigenvalue weighted by atomic mass is 10.1. The Morgan fingerprint density at radius 2 is 2.00 bits per heavy atom. The normalized spacial score (nSPS) is 10.5. The van der Waals surface area contributed by atoms with Crippen LogP contribution in [0, 0.1) is 17.9 Å². The van der Waals surface area contributed by atoms with Gasteiger partial charge in [0.25, 0.3) is 0 Å². The van der Waals surface area contributed by atoms with E-state index in [-0.39, 0.29) is 11.5 Å². The van der Waals surface area contributed by atoms with E-state index in [9.17, 15) is 5.26 Å². The zero-order valence-electron chi connectivity index (χ0n) is 15.2. The molecule has 0 saturated carbocycles. The molecule has 0 aliphatic heterocycles. The maximum Gasteiger partial charge on any atom is 0.239 e. The van der Waals surface area contributed by atoms with Gasteiger partial charge in [-0.15, -0.1) is 22.7 Å². The van der Waals surface area contributed by atoms with E-state index in [1.807, 2.05) is 29.6 Å². The number of hydrogen-bond acceptors (Lipinski definition) is 8. The molecule has 30 heavy (non-hydrogen) atoms. The smallest absolute Gasteiger partial charge is 0.239 e. The predicted molar refractivity (Wildman–Crippen MR) is 123 cm³/mol. The number of nitrogens with zero attached hydrogens (tertiary/aromatic N) is 5. The Morgan fingerprint density at radius 1 is 1.20 bits per heavy atom. The van der Waals surface area contributed by atoms with Gasteiger partial charge >= 0.3 is 0 Å². The highest BCUT2D eigenvalue weighted by atomic mass is 35.5. The summed E-state index contributed by atoms with van der Waals surface area (Å²) >= 11 is 10.2. The topological polar surface area (TPSA) is 92.8 Å². The quantitative estimate of drug-likeness (QED) is 0.275. The van der Waals surface area contributed by atoms with Crippen molar-refractivity contribution in [3.63, 3.8) is 0 Å². The third kappa shape index (κ3) is 4.02. The second-order valence-electron chi connectivity index (χ2n) is 5.90. The molecule has 0 spiro atoms.